The van der Waals surface area contributed by atoms with Gasteiger partial charge in [0, 0.05) is 31.9 Å². The number of aromatic nitrogens is 1. The Morgan fingerprint density at radius 2 is 2.36 bits per heavy atom. The van der Waals surface area contributed by atoms with Crippen LogP contribution in [0.1, 0.15) is 17.5 Å². The summed E-state index contributed by atoms with van der Waals surface area (Å²) in [6.45, 7) is 4.08. The molecule has 0 bridgehead atoms. The average Bonchev–Trinajstić information content (AvgIpc) is 2.19. The summed E-state index contributed by atoms with van der Waals surface area (Å²) in [5.41, 5.74) is 2.44. The second-order valence-corrected chi connectivity index (χ2v) is 3.66. The Bertz CT molecular complexity index is 344. The Morgan fingerprint density at radius 1 is 1.43 bits per heavy atom. The summed E-state index contributed by atoms with van der Waals surface area (Å²) < 4.78 is 0. The molecule has 0 spiro atoms. The number of nitrogens with zero attached hydrogens (tertiary/aromatic N) is 2. The number of aliphatic imine (C=N–C) groups is 1. The van der Waals surface area contributed by atoms with Gasteiger partial charge in [-0.15, -0.1) is 0 Å². The highest BCUT2D eigenvalue weighted by atomic mass is 15.0. The molecular weight excluding hydrogens is 174 g/mol. The van der Waals surface area contributed by atoms with Crippen LogP contribution in [-0.2, 0) is 6.42 Å². The summed E-state index contributed by atoms with van der Waals surface area (Å²) in [5.74, 6) is 1.10. The van der Waals surface area contributed by atoms with E-state index < -0.39 is 0 Å². The quantitative estimate of drug-likeness (QED) is 0.762. The smallest absolute Gasteiger partial charge is 0.101 e. The first-order chi connectivity index (χ1) is 6.84. The molecule has 2 heterocycles. The van der Waals surface area contributed by atoms with Gasteiger partial charge in [-0.25, -0.2) is 0 Å². The van der Waals surface area contributed by atoms with Crippen LogP contribution in [0, 0.1) is 6.92 Å². The molecule has 3 nitrogen and oxygen atoms in total. The van der Waals surface area contributed by atoms with Crippen LogP contribution < -0.4 is 5.32 Å². The van der Waals surface area contributed by atoms with Gasteiger partial charge in [-0.05, 0) is 24.5 Å². The third kappa shape index (κ3) is 2.31. The number of aryl methyl sites for hydroxylation is 1. The highest BCUT2D eigenvalue weighted by molar-refractivity contribution is 5.84. The highest BCUT2D eigenvalue weighted by Crippen LogP contribution is 2.04. The molecule has 1 aromatic heterocycles. The largest absolute Gasteiger partial charge is 0.373 e. The van der Waals surface area contributed by atoms with Gasteiger partial charge in [0.05, 0.1) is 0 Å². The fourth-order valence-electron chi connectivity index (χ4n) is 1.61. The fraction of sp³-hybridized carbons (Fsp3) is 0.455. The summed E-state index contributed by atoms with van der Waals surface area (Å²) in [4.78, 5) is 8.60. The van der Waals surface area contributed by atoms with Crippen molar-refractivity contribution in [2.24, 2.45) is 4.99 Å². The number of nitrogens with one attached hydrogen (secondary N) is 1. The SMILES string of the molecule is Cc1cncc(CC2=NCCCN2)c1. The van der Waals surface area contributed by atoms with Crippen LogP contribution >= 0.6 is 0 Å². The molecule has 1 aliphatic heterocycles. The Balaban J connectivity index is 2.06. The minimum atomic E-state index is 0.884. The highest BCUT2D eigenvalue weighted by Gasteiger charge is 2.04. The molecular formula is C11H15N3. The number of hydrogen-bond acceptors (Lipinski definition) is 3. The summed E-state index contributed by atoms with van der Waals surface area (Å²) in [5, 5.41) is 3.31. The first-order valence-corrected chi connectivity index (χ1v) is 5.02. The molecule has 0 unspecified atom stereocenters. The van der Waals surface area contributed by atoms with Crippen LogP contribution in [0.2, 0.25) is 0 Å². The molecule has 0 amide bonds. The predicted molar refractivity (Wildman–Crippen MR) is 57.6 cm³/mol. The van der Waals surface area contributed by atoms with Crippen molar-refractivity contribution in [3.63, 3.8) is 0 Å². The first-order valence-electron chi connectivity index (χ1n) is 5.02. The second-order valence-electron chi connectivity index (χ2n) is 3.66. The van der Waals surface area contributed by atoms with Crippen LogP contribution in [0.25, 0.3) is 0 Å². The molecule has 3 heteroatoms. The van der Waals surface area contributed by atoms with Crippen molar-refractivity contribution in [2.75, 3.05) is 13.1 Å². The molecule has 0 aromatic carbocycles. The van der Waals surface area contributed by atoms with Gasteiger partial charge in [-0.2, -0.15) is 0 Å². The Kier molecular flexibility index (Phi) is 2.77. The second kappa shape index (κ2) is 4.22. The van der Waals surface area contributed by atoms with Crippen LogP contribution in [-0.4, -0.2) is 23.9 Å². The molecule has 0 atom stereocenters. The third-order valence-electron chi connectivity index (χ3n) is 2.27. The number of rotatable bonds is 2. The van der Waals surface area contributed by atoms with E-state index in [1.54, 1.807) is 0 Å². The topological polar surface area (TPSA) is 37.3 Å². The zero-order valence-electron chi connectivity index (χ0n) is 8.45. The van der Waals surface area contributed by atoms with E-state index in [2.05, 4.69) is 28.3 Å². The maximum Gasteiger partial charge on any atom is 0.101 e. The van der Waals surface area contributed by atoms with Crippen molar-refractivity contribution < 1.29 is 0 Å². The third-order valence-corrected chi connectivity index (χ3v) is 2.27. The van der Waals surface area contributed by atoms with Crippen molar-refractivity contribution in [1.82, 2.24) is 10.3 Å². The molecule has 1 aromatic rings. The normalized spacial score (nSPS) is 15.9. The zero-order valence-corrected chi connectivity index (χ0v) is 8.45. The van der Waals surface area contributed by atoms with E-state index in [0.717, 1.165) is 31.8 Å². The van der Waals surface area contributed by atoms with Crippen molar-refractivity contribution in [3.8, 4) is 0 Å². The van der Waals surface area contributed by atoms with Crippen molar-refractivity contribution in [1.29, 1.82) is 0 Å². The summed E-state index contributed by atoms with van der Waals surface area (Å²) >= 11 is 0. The minimum absolute atomic E-state index is 0.884. The lowest BCUT2D eigenvalue weighted by Gasteiger charge is -2.14. The zero-order chi connectivity index (χ0) is 9.80. The minimum Gasteiger partial charge on any atom is -0.373 e. The van der Waals surface area contributed by atoms with Gasteiger partial charge < -0.3 is 5.32 Å². The monoisotopic (exact) mass is 189 g/mol. The van der Waals surface area contributed by atoms with E-state index in [1.165, 1.54) is 11.1 Å². The molecule has 0 saturated heterocycles. The Morgan fingerprint density at radius 3 is 3.07 bits per heavy atom. The van der Waals surface area contributed by atoms with Gasteiger partial charge in [-0.3, -0.25) is 9.98 Å². The lowest BCUT2D eigenvalue weighted by atomic mass is 10.1. The van der Waals surface area contributed by atoms with Crippen molar-refractivity contribution in [2.45, 2.75) is 19.8 Å². The van der Waals surface area contributed by atoms with Crippen LogP contribution in [0.3, 0.4) is 0 Å². The van der Waals surface area contributed by atoms with Crippen LogP contribution in [0.4, 0.5) is 0 Å². The van der Waals surface area contributed by atoms with Gasteiger partial charge in [0.2, 0.25) is 0 Å². The maximum absolute atomic E-state index is 4.43. The summed E-state index contributed by atoms with van der Waals surface area (Å²) in [7, 11) is 0. The van der Waals surface area contributed by atoms with Crippen LogP contribution in [0.15, 0.2) is 23.5 Å². The van der Waals surface area contributed by atoms with E-state index in [0.29, 0.717) is 0 Å². The van der Waals surface area contributed by atoms with Crippen molar-refractivity contribution >= 4 is 5.84 Å². The summed E-state index contributed by atoms with van der Waals surface area (Å²) in [6.07, 6.45) is 5.82. The maximum atomic E-state index is 4.43. The molecule has 14 heavy (non-hydrogen) atoms. The Hall–Kier alpha value is -1.38. The molecule has 0 saturated carbocycles. The van der Waals surface area contributed by atoms with E-state index in [1.807, 2.05) is 12.4 Å². The van der Waals surface area contributed by atoms with E-state index in [9.17, 15) is 0 Å². The first kappa shape index (κ1) is 9.19. The molecule has 1 N–H and O–H groups in total. The summed E-state index contributed by atoms with van der Waals surface area (Å²) in [6, 6.07) is 2.16. The molecule has 0 aliphatic carbocycles. The fourth-order valence-corrected chi connectivity index (χ4v) is 1.61. The van der Waals surface area contributed by atoms with Gasteiger partial charge in [-0.1, -0.05) is 6.07 Å². The number of hydrogen-bond donors (Lipinski definition) is 1. The van der Waals surface area contributed by atoms with E-state index in [-0.39, 0.29) is 0 Å². The van der Waals surface area contributed by atoms with Crippen LogP contribution in [0.5, 0.6) is 0 Å². The number of pyridine rings is 1. The molecule has 0 radical (unpaired) electrons. The predicted octanol–water partition coefficient (Wildman–Crippen LogP) is 1.32. The van der Waals surface area contributed by atoms with Gasteiger partial charge in [0.1, 0.15) is 5.84 Å². The number of amidine groups is 1. The average molecular weight is 189 g/mol. The Labute approximate surface area is 84.3 Å². The molecule has 2 rings (SSSR count). The lowest BCUT2D eigenvalue weighted by molar-refractivity contribution is 0.731. The van der Waals surface area contributed by atoms with Crippen molar-refractivity contribution in [3.05, 3.63) is 29.6 Å². The molecule has 1 aliphatic rings. The van der Waals surface area contributed by atoms with E-state index in [4.69, 9.17) is 0 Å². The lowest BCUT2D eigenvalue weighted by Crippen LogP contribution is -2.30. The van der Waals surface area contributed by atoms with Gasteiger partial charge in [0.25, 0.3) is 0 Å². The standard InChI is InChI=1S/C11H15N3/c1-9-5-10(8-12-7-9)6-11-13-3-2-4-14-11/h5,7-8H,2-4,6H2,1H3,(H,13,14). The molecule has 74 valence electrons. The van der Waals surface area contributed by atoms with Gasteiger partial charge >= 0.3 is 0 Å². The van der Waals surface area contributed by atoms with Gasteiger partial charge in [0.15, 0.2) is 0 Å². The molecule has 0 fully saturated rings. The van der Waals surface area contributed by atoms with E-state index >= 15 is 0 Å².